The first-order valence-corrected chi connectivity index (χ1v) is 4.68. The zero-order valence-corrected chi connectivity index (χ0v) is 9.14. The van der Waals surface area contributed by atoms with Crippen LogP contribution in [0.1, 0.15) is 12.5 Å². The van der Waals surface area contributed by atoms with Gasteiger partial charge in [-0.25, -0.2) is 0 Å². The largest absolute Gasteiger partial charge is 0.497 e. The Morgan fingerprint density at radius 3 is 2.36 bits per heavy atom. The standard InChI is InChI=1S/C12H13ClO/c1-9(2)12(13)8-10-4-6-11(14-3)7-5-10/h4-8H,1H2,2-3H3/b12-8-. The Morgan fingerprint density at radius 2 is 1.93 bits per heavy atom. The van der Waals surface area contributed by atoms with Crippen LogP contribution in [0.15, 0.2) is 41.4 Å². The predicted octanol–water partition coefficient (Wildman–Crippen LogP) is 3.85. The minimum Gasteiger partial charge on any atom is -0.497 e. The number of rotatable bonds is 3. The summed E-state index contributed by atoms with van der Waals surface area (Å²) in [6, 6.07) is 7.69. The van der Waals surface area contributed by atoms with E-state index < -0.39 is 0 Å². The quantitative estimate of drug-likeness (QED) is 0.686. The molecule has 0 bridgehead atoms. The fourth-order valence-electron chi connectivity index (χ4n) is 0.970. The van der Waals surface area contributed by atoms with Crippen LogP contribution in [0.5, 0.6) is 5.75 Å². The van der Waals surface area contributed by atoms with Gasteiger partial charge in [0.25, 0.3) is 0 Å². The lowest BCUT2D eigenvalue weighted by Crippen LogP contribution is -1.82. The molecule has 0 saturated carbocycles. The molecule has 0 radical (unpaired) electrons. The second-order valence-corrected chi connectivity index (χ2v) is 3.45. The summed E-state index contributed by atoms with van der Waals surface area (Å²) < 4.78 is 5.05. The van der Waals surface area contributed by atoms with Gasteiger partial charge in [-0.1, -0.05) is 30.3 Å². The van der Waals surface area contributed by atoms with Crippen molar-refractivity contribution in [3.63, 3.8) is 0 Å². The van der Waals surface area contributed by atoms with Crippen molar-refractivity contribution in [1.29, 1.82) is 0 Å². The molecular formula is C12H13ClO. The van der Waals surface area contributed by atoms with Gasteiger partial charge in [-0.3, -0.25) is 0 Å². The molecule has 0 fully saturated rings. The second kappa shape index (κ2) is 4.87. The van der Waals surface area contributed by atoms with E-state index in [9.17, 15) is 0 Å². The summed E-state index contributed by atoms with van der Waals surface area (Å²) in [6.07, 6.45) is 1.88. The Morgan fingerprint density at radius 1 is 1.36 bits per heavy atom. The molecule has 0 atom stereocenters. The third-order valence-electron chi connectivity index (χ3n) is 1.82. The van der Waals surface area contributed by atoms with E-state index in [1.54, 1.807) is 7.11 Å². The van der Waals surface area contributed by atoms with Gasteiger partial charge in [0.1, 0.15) is 5.75 Å². The van der Waals surface area contributed by atoms with Crippen molar-refractivity contribution >= 4 is 17.7 Å². The van der Waals surface area contributed by atoms with Gasteiger partial charge < -0.3 is 4.74 Å². The van der Waals surface area contributed by atoms with E-state index in [4.69, 9.17) is 16.3 Å². The van der Waals surface area contributed by atoms with Crippen molar-refractivity contribution in [1.82, 2.24) is 0 Å². The summed E-state index contributed by atoms with van der Waals surface area (Å²) >= 11 is 5.95. The van der Waals surface area contributed by atoms with Crippen molar-refractivity contribution in [2.45, 2.75) is 6.92 Å². The summed E-state index contributed by atoms with van der Waals surface area (Å²) in [6.45, 7) is 5.64. The highest BCUT2D eigenvalue weighted by Crippen LogP contribution is 2.18. The summed E-state index contributed by atoms with van der Waals surface area (Å²) in [7, 11) is 1.64. The first-order valence-electron chi connectivity index (χ1n) is 4.30. The van der Waals surface area contributed by atoms with Crippen LogP contribution in [0.3, 0.4) is 0 Å². The van der Waals surface area contributed by atoms with E-state index in [0.717, 1.165) is 16.9 Å². The Kier molecular flexibility index (Phi) is 3.78. The highest BCUT2D eigenvalue weighted by Gasteiger charge is 1.94. The molecular weight excluding hydrogens is 196 g/mol. The molecule has 0 spiro atoms. The fourth-order valence-corrected chi connectivity index (χ4v) is 1.10. The average Bonchev–Trinajstić information content (AvgIpc) is 2.19. The van der Waals surface area contributed by atoms with E-state index in [1.165, 1.54) is 0 Å². The van der Waals surface area contributed by atoms with Crippen LogP contribution in [-0.2, 0) is 0 Å². The number of allylic oxidation sites excluding steroid dienone is 2. The molecule has 74 valence electrons. The van der Waals surface area contributed by atoms with Crippen molar-refractivity contribution in [3.05, 3.63) is 47.0 Å². The Balaban J connectivity index is 2.88. The van der Waals surface area contributed by atoms with Crippen LogP contribution in [-0.4, -0.2) is 7.11 Å². The minimum absolute atomic E-state index is 0.676. The number of methoxy groups -OCH3 is 1. The van der Waals surface area contributed by atoms with Gasteiger partial charge in [0.15, 0.2) is 0 Å². The maximum absolute atomic E-state index is 5.95. The molecule has 1 nitrogen and oxygen atoms in total. The van der Waals surface area contributed by atoms with Crippen LogP contribution in [0, 0.1) is 0 Å². The number of benzene rings is 1. The van der Waals surface area contributed by atoms with Gasteiger partial charge >= 0.3 is 0 Å². The van der Waals surface area contributed by atoms with Gasteiger partial charge in [0, 0.05) is 5.03 Å². The van der Waals surface area contributed by atoms with E-state index in [2.05, 4.69) is 6.58 Å². The molecule has 0 aliphatic heterocycles. The number of halogens is 1. The molecule has 14 heavy (non-hydrogen) atoms. The lowest BCUT2D eigenvalue weighted by Gasteiger charge is -2.00. The monoisotopic (exact) mass is 208 g/mol. The van der Waals surface area contributed by atoms with Gasteiger partial charge in [-0.15, -0.1) is 0 Å². The van der Waals surface area contributed by atoms with E-state index >= 15 is 0 Å². The molecule has 0 heterocycles. The lowest BCUT2D eigenvalue weighted by molar-refractivity contribution is 0.415. The van der Waals surface area contributed by atoms with E-state index in [0.29, 0.717) is 5.03 Å². The molecule has 1 aromatic rings. The van der Waals surface area contributed by atoms with Gasteiger partial charge in [0.2, 0.25) is 0 Å². The zero-order chi connectivity index (χ0) is 10.6. The molecule has 0 aliphatic rings. The topological polar surface area (TPSA) is 9.23 Å². The number of hydrogen-bond acceptors (Lipinski definition) is 1. The van der Waals surface area contributed by atoms with Gasteiger partial charge in [-0.05, 0) is 36.3 Å². The van der Waals surface area contributed by atoms with Crippen molar-refractivity contribution < 1.29 is 4.74 Å². The summed E-state index contributed by atoms with van der Waals surface area (Å²) in [5.41, 5.74) is 1.90. The number of ether oxygens (including phenoxy) is 1. The van der Waals surface area contributed by atoms with Crippen LogP contribution >= 0.6 is 11.6 Å². The molecule has 1 aromatic carbocycles. The van der Waals surface area contributed by atoms with Crippen LogP contribution in [0.2, 0.25) is 0 Å². The summed E-state index contributed by atoms with van der Waals surface area (Å²) in [4.78, 5) is 0. The lowest BCUT2D eigenvalue weighted by atomic mass is 10.2. The highest BCUT2D eigenvalue weighted by atomic mass is 35.5. The van der Waals surface area contributed by atoms with Crippen molar-refractivity contribution in [2.24, 2.45) is 0 Å². The Labute approximate surface area is 89.7 Å². The smallest absolute Gasteiger partial charge is 0.118 e. The maximum atomic E-state index is 5.95. The molecule has 2 heteroatoms. The zero-order valence-electron chi connectivity index (χ0n) is 8.38. The SMILES string of the molecule is C=C(C)/C(Cl)=C/c1ccc(OC)cc1. The second-order valence-electron chi connectivity index (χ2n) is 3.05. The number of hydrogen-bond donors (Lipinski definition) is 0. The molecule has 0 amide bonds. The molecule has 1 rings (SSSR count). The molecule has 0 aliphatic carbocycles. The molecule has 0 N–H and O–H groups in total. The van der Waals surface area contributed by atoms with Crippen molar-refractivity contribution in [3.8, 4) is 5.75 Å². The van der Waals surface area contributed by atoms with Crippen molar-refractivity contribution in [2.75, 3.05) is 7.11 Å². The van der Waals surface area contributed by atoms with Crippen LogP contribution < -0.4 is 4.74 Å². The fraction of sp³-hybridized carbons (Fsp3) is 0.167. The summed E-state index contributed by atoms with van der Waals surface area (Å²) in [5, 5.41) is 0.676. The van der Waals surface area contributed by atoms with Crippen LogP contribution in [0.4, 0.5) is 0 Å². The average molecular weight is 209 g/mol. The third kappa shape index (κ3) is 2.93. The van der Waals surface area contributed by atoms with Crippen LogP contribution in [0.25, 0.3) is 6.08 Å². The highest BCUT2D eigenvalue weighted by molar-refractivity contribution is 6.33. The minimum atomic E-state index is 0.676. The Hall–Kier alpha value is -1.21. The van der Waals surface area contributed by atoms with E-state index in [1.807, 2.05) is 37.3 Å². The maximum Gasteiger partial charge on any atom is 0.118 e. The van der Waals surface area contributed by atoms with Gasteiger partial charge in [0.05, 0.1) is 7.11 Å². The first-order chi connectivity index (χ1) is 6.63. The third-order valence-corrected chi connectivity index (χ3v) is 2.25. The molecule has 0 aromatic heterocycles. The first kappa shape index (κ1) is 10.9. The predicted molar refractivity (Wildman–Crippen MR) is 61.6 cm³/mol. The van der Waals surface area contributed by atoms with E-state index in [-0.39, 0.29) is 0 Å². The van der Waals surface area contributed by atoms with Gasteiger partial charge in [-0.2, -0.15) is 0 Å². The Bertz CT molecular complexity index is 349. The molecule has 0 saturated heterocycles. The summed E-state index contributed by atoms with van der Waals surface area (Å²) in [5.74, 6) is 0.841. The molecule has 0 unspecified atom stereocenters. The normalized spacial score (nSPS) is 11.2.